The molecule has 8 heteroatoms. The van der Waals surface area contributed by atoms with Crippen LogP contribution in [0.4, 0.5) is 18.0 Å². The van der Waals surface area contributed by atoms with E-state index in [-0.39, 0.29) is 12.5 Å². The van der Waals surface area contributed by atoms with Crippen molar-refractivity contribution in [1.29, 1.82) is 0 Å². The number of aliphatic carboxylic acids is 1. The van der Waals surface area contributed by atoms with Crippen LogP contribution in [0.2, 0.25) is 0 Å². The third-order valence-corrected chi connectivity index (χ3v) is 2.99. The highest BCUT2D eigenvalue weighted by atomic mass is 19.4. The molecule has 116 valence electrons. The zero-order chi connectivity index (χ0) is 15.5. The monoisotopic (exact) mass is 296 g/mol. The van der Waals surface area contributed by atoms with Gasteiger partial charge in [0.2, 0.25) is 0 Å². The summed E-state index contributed by atoms with van der Waals surface area (Å²) in [4.78, 5) is 24.6. The second-order valence-corrected chi connectivity index (χ2v) is 5.34. The number of rotatable bonds is 6. The maximum Gasteiger partial charge on any atom is 0.406 e. The first-order chi connectivity index (χ1) is 9.10. The number of carboxylic acid groups (broad SMARTS) is 1. The Morgan fingerprint density at radius 2 is 1.85 bits per heavy atom. The van der Waals surface area contributed by atoms with Crippen LogP contribution < -0.4 is 0 Å². The van der Waals surface area contributed by atoms with Gasteiger partial charge < -0.3 is 14.9 Å². The van der Waals surface area contributed by atoms with Crippen LogP contribution in [0, 0.1) is 5.92 Å². The Morgan fingerprint density at radius 3 is 2.20 bits per heavy atom. The third kappa shape index (κ3) is 5.66. The number of halogens is 3. The van der Waals surface area contributed by atoms with Crippen LogP contribution in [-0.4, -0.2) is 58.8 Å². The molecule has 2 amide bonds. The minimum atomic E-state index is -4.51. The van der Waals surface area contributed by atoms with Crippen molar-refractivity contribution in [1.82, 2.24) is 9.80 Å². The molecule has 1 aliphatic rings. The highest BCUT2D eigenvalue weighted by Gasteiger charge is 2.37. The van der Waals surface area contributed by atoms with Crippen LogP contribution in [-0.2, 0) is 4.79 Å². The van der Waals surface area contributed by atoms with E-state index in [0.29, 0.717) is 4.90 Å². The van der Waals surface area contributed by atoms with E-state index in [1.807, 2.05) is 0 Å². The molecule has 20 heavy (non-hydrogen) atoms. The molecule has 0 heterocycles. The van der Waals surface area contributed by atoms with E-state index in [9.17, 15) is 22.8 Å². The van der Waals surface area contributed by atoms with Gasteiger partial charge in [-0.1, -0.05) is 0 Å². The van der Waals surface area contributed by atoms with Crippen LogP contribution >= 0.6 is 0 Å². The van der Waals surface area contributed by atoms with Crippen molar-refractivity contribution < 1.29 is 27.9 Å². The Balaban J connectivity index is 2.78. The molecule has 1 rings (SSSR count). The zero-order valence-corrected chi connectivity index (χ0v) is 11.5. The molecule has 1 fully saturated rings. The van der Waals surface area contributed by atoms with Crippen LogP contribution in [0.3, 0.4) is 0 Å². The van der Waals surface area contributed by atoms with Gasteiger partial charge >= 0.3 is 18.2 Å². The fourth-order valence-corrected chi connectivity index (χ4v) is 1.83. The molecule has 0 spiro atoms. The molecule has 0 radical (unpaired) electrons. The molecular formula is C12H19F3N2O3. The summed E-state index contributed by atoms with van der Waals surface area (Å²) in [5.41, 5.74) is 0. The van der Waals surface area contributed by atoms with Gasteiger partial charge in [0, 0.05) is 12.6 Å². The van der Waals surface area contributed by atoms with Gasteiger partial charge in [0.05, 0.1) is 0 Å². The predicted octanol–water partition coefficient (Wildman–Crippen LogP) is 2.18. The second-order valence-electron chi connectivity index (χ2n) is 5.34. The van der Waals surface area contributed by atoms with Gasteiger partial charge in [-0.05, 0) is 32.6 Å². The molecule has 1 aliphatic carbocycles. The lowest BCUT2D eigenvalue weighted by molar-refractivity contribution is -0.144. The maximum absolute atomic E-state index is 12.5. The van der Waals surface area contributed by atoms with E-state index in [0.717, 1.165) is 17.7 Å². The van der Waals surface area contributed by atoms with Crippen LogP contribution in [0.5, 0.6) is 0 Å². The zero-order valence-electron chi connectivity index (χ0n) is 11.5. The molecule has 0 aromatic heterocycles. The van der Waals surface area contributed by atoms with Gasteiger partial charge in [-0.2, -0.15) is 13.2 Å². The van der Waals surface area contributed by atoms with Crippen molar-refractivity contribution in [3.8, 4) is 0 Å². The highest BCUT2D eigenvalue weighted by molar-refractivity contribution is 5.80. The van der Waals surface area contributed by atoms with Gasteiger partial charge in [-0.15, -0.1) is 0 Å². The Labute approximate surface area is 115 Å². The smallest absolute Gasteiger partial charge is 0.406 e. The quantitative estimate of drug-likeness (QED) is 0.817. The number of carboxylic acids is 1. The lowest BCUT2D eigenvalue weighted by atomic mass is 10.3. The van der Waals surface area contributed by atoms with Crippen molar-refractivity contribution in [2.75, 3.05) is 19.6 Å². The minimum Gasteiger partial charge on any atom is -0.480 e. The van der Waals surface area contributed by atoms with Crippen molar-refractivity contribution in [3.05, 3.63) is 0 Å². The fraction of sp³-hybridized carbons (Fsp3) is 0.833. The Morgan fingerprint density at radius 1 is 1.30 bits per heavy atom. The Kier molecular flexibility index (Phi) is 5.24. The number of urea groups is 1. The summed E-state index contributed by atoms with van der Waals surface area (Å²) in [6, 6.07) is -1.52. The largest absolute Gasteiger partial charge is 0.480 e. The molecule has 0 aliphatic heterocycles. The highest BCUT2D eigenvalue weighted by Crippen LogP contribution is 2.30. The molecule has 1 N–H and O–H groups in total. The SMILES string of the molecule is CC(C)N(CC(F)(F)F)C(=O)N(CC(=O)O)CC1CC1. The molecular weight excluding hydrogens is 277 g/mol. The number of amides is 2. The summed E-state index contributed by atoms with van der Waals surface area (Å²) in [6.45, 7) is 1.20. The number of carbonyl (C=O) groups is 2. The van der Waals surface area contributed by atoms with Gasteiger partial charge in [0.1, 0.15) is 13.1 Å². The van der Waals surface area contributed by atoms with Gasteiger partial charge in [0.15, 0.2) is 0 Å². The molecule has 5 nitrogen and oxygen atoms in total. The predicted molar refractivity (Wildman–Crippen MR) is 65.2 cm³/mol. The number of alkyl halides is 3. The maximum atomic E-state index is 12.5. The van der Waals surface area contributed by atoms with E-state index in [1.54, 1.807) is 0 Å². The summed E-state index contributed by atoms with van der Waals surface area (Å²) >= 11 is 0. The molecule has 0 atom stereocenters. The summed E-state index contributed by atoms with van der Waals surface area (Å²) < 4.78 is 37.5. The molecule has 0 bridgehead atoms. The summed E-state index contributed by atoms with van der Waals surface area (Å²) in [7, 11) is 0. The van der Waals surface area contributed by atoms with E-state index in [1.165, 1.54) is 13.8 Å². The molecule has 0 aromatic rings. The van der Waals surface area contributed by atoms with Crippen molar-refractivity contribution in [3.63, 3.8) is 0 Å². The van der Waals surface area contributed by atoms with Crippen LogP contribution in [0.15, 0.2) is 0 Å². The standard InChI is InChI=1S/C12H19F3N2O3/c1-8(2)17(7-12(13,14)15)11(20)16(6-10(18)19)5-9-3-4-9/h8-9H,3-7H2,1-2H3,(H,18,19). The summed E-state index contributed by atoms with van der Waals surface area (Å²) in [5, 5.41) is 8.78. The number of hydrogen-bond acceptors (Lipinski definition) is 2. The van der Waals surface area contributed by atoms with Crippen LogP contribution in [0.25, 0.3) is 0 Å². The van der Waals surface area contributed by atoms with Crippen molar-refractivity contribution in [2.45, 2.75) is 38.9 Å². The third-order valence-electron chi connectivity index (χ3n) is 2.99. The normalized spacial score (nSPS) is 15.3. The second kappa shape index (κ2) is 6.32. The van der Waals surface area contributed by atoms with Gasteiger partial charge in [-0.25, -0.2) is 4.79 Å². The van der Waals surface area contributed by atoms with Crippen LogP contribution in [0.1, 0.15) is 26.7 Å². The topological polar surface area (TPSA) is 60.9 Å². The lowest BCUT2D eigenvalue weighted by Gasteiger charge is -2.33. The lowest BCUT2D eigenvalue weighted by Crippen LogP contribution is -2.51. The average Bonchev–Trinajstić information content (AvgIpc) is 3.05. The first kappa shape index (κ1) is 16.6. The van der Waals surface area contributed by atoms with Crippen molar-refractivity contribution in [2.24, 2.45) is 5.92 Å². The van der Waals surface area contributed by atoms with E-state index in [4.69, 9.17) is 5.11 Å². The van der Waals surface area contributed by atoms with E-state index >= 15 is 0 Å². The first-order valence-electron chi connectivity index (χ1n) is 6.44. The molecule has 0 unspecified atom stereocenters. The van der Waals surface area contributed by atoms with E-state index in [2.05, 4.69) is 0 Å². The minimum absolute atomic E-state index is 0.201. The Hall–Kier alpha value is -1.47. The molecule has 0 aromatic carbocycles. The molecule has 0 saturated heterocycles. The van der Waals surface area contributed by atoms with E-state index < -0.39 is 37.3 Å². The van der Waals surface area contributed by atoms with Crippen molar-refractivity contribution >= 4 is 12.0 Å². The number of carbonyl (C=O) groups excluding carboxylic acids is 1. The first-order valence-corrected chi connectivity index (χ1v) is 6.44. The van der Waals surface area contributed by atoms with Gasteiger partial charge in [-0.3, -0.25) is 4.79 Å². The summed E-state index contributed by atoms with van der Waals surface area (Å²) in [6.07, 6.45) is -2.75. The summed E-state index contributed by atoms with van der Waals surface area (Å²) in [5.74, 6) is -1.02. The molecule has 1 saturated carbocycles. The Bertz CT molecular complexity index is 367. The van der Waals surface area contributed by atoms with Gasteiger partial charge in [0.25, 0.3) is 0 Å². The average molecular weight is 296 g/mol. The number of hydrogen-bond donors (Lipinski definition) is 1. The fourth-order valence-electron chi connectivity index (χ4n) is 1.83. The number of nitrogens with zero attached hydrogens (tertiary/aromatic N) is 2.